The van der Waals surface area contributed by atoms with Crippen LogP contribution in [0.4, 0.5) is 4.79 Å². The number of unbranched alkanes of at least 4 members (excludes halogenated alkanes) is 1. The number of nitrogens with zero attached hydrogens (tertiary/aromatic N) is 2. The molecule has 0 aromatic rings. The van der Waals surface area contributed by atoms with Gasteiger partial charge in [-0.2, -0.15) is 0 Å². The van der Waals surface area contributed by atoms with Gasteiger partial charge in [-0.1, -0.05) is 33.6 Å². The largest absolute Gasteiger partial charge is 0.328 e. The minimum absolute atomic E-state index is 0.0666. The van der Waals surface area contributed by atoms with Gasteiger partial charge < -0.3 is 5.32 Å². The number of hydrogen-bond donors (Lipinski definition) is 3. The van der Waals surface area contributed by atoms with E-state index < -0.39 is 18.0 Å². The molecule has 0 saturated carbocycles. The quantitative estimate of drug-likeness (QED) is 0.296. The molecule has 2 atom stereocenters. The lowest BCUT2D eigenvalue weighted by molar-refractivity contribution is -0.154. The van der Waals surface area contributed by atoms with E-state index in [4.69, 9.17) is 0 Å². The van der Waals surface area contributed by atoms with Crippen molar-refractivity contribution >= 4 is 29.8 Å². The number of nitrogens with one attached hydrogen (secondary N) is 2. The van der Waals surface area contributed by atoms with E-state index in [9.17, 15) is 24.4 Å². The van der Waals surface area contributed by atoms with E-state index in [-0.39, 0.29) is 42.7 Å². The van der Waals surface area contributed by atoms with Crippen molar-refractivity contribution in [1.82, 2.24) is 15.7 Å². The molecule has 1 aliphatic rings. The first kappa shape index (κ1) is 23.5. The van der Waals surface area contributed by atoms with Crippen LogP contribution in [0.3, 0.4) is 0 Å². The number of aliphatic imine (C=N–C) groups is 1. The van der Waals surface area contributed by atoms with E-state index in [0.29, 0.717) is 11.5 Å². The zero-order valence-electron chi connectivity index (χ0n) is 16.9. The summed E-state index contributed by atoms with van der Waals surface area (Å²) in [5.74, 6) is -1.47. The first-order valence-electron chi connectivity index (χ1n) is 9.48. The fourth-order valence-corrected chi connectivity index (χ4v) is 2.88. The van der Waals surface area contributed by atoms with Crippen LogP contribution in [0.2, 0.25) is 0 Å². The number of ketones is 2. The number of amidine groups is 1. The molecule has 1 aliphatic heterocycles. The molecule has 3 N–H and O–H groups in total. The van der Waals surface area contributed by atoms with Crippen LogP contribution in [0.15, 0.2) is 16.8 Å². The summed E-state index contributed by atoms with van der Waals surface area (Å²) in [5.41, 5.74) is 0.800. The van der Waals surface area contributed by atoms with Crippen LogP contribution in [0.5, 0.6) is 0 Å². The Morgan fingerprint density at radius 1 is 1.39 bits per heavy atom. The summed E-state index contributed by atoms with van der Waals surface area (Å²) in [5, 5.41) is 14.9. The number of allylic oxidation sites excluding steroid dienone is 1. The molecule has 0 aliphatic carbocycles. The number of carbonyl (C=O) groups is 4. The molecule has 0 bridgehead atoms. The van der Waals surface area contributed by atoms with Crippen molar-refractivity contribution in [3.8, 4) is 0 Å². The summed E-state index contributed by atoms with van der Waals surface area (Å²) in [4.78, 5) is 51.9. The van der Waals surface area contributed by atoms with Crippen LogP contribution in [-0.4, -0.2) is 52.7 Å². The van der Waals surface area contributed by atoms with Gasteiger partial charge in [0.15, 0.2) is 11.6 Å². The third-order valence-corrected chi connectivity index (χ3v) is 4.45. The van der Waals surface area contributed by atoms with Gasteiger partial charge in [-0.15, -0.1) is 0 Å². The third kappa shape index (κ3) is 7.22. The highest BCUT2D eigenvalue weighted by molar-refractivity contribution is 6.42. The molecule has 0 aromatic carbocycles. The lowest BCUT2D eigenvalue weighted by atomic mass is 9.87. The molecule has 1 rings (SSSR count). The normalized spacial score (nSPS) is 16.0. The van der Waals surface area contributed by atoms with Crippen LogP contribution in [0, 0.1) is 11.8 Å². The lowest BCUT2D eigenvalue weighted by Gasteiger charge is -2.27. The van der Waals surface area contributed by atoms with Gasteiger partial charge in [0.05, 0.1) is 12.6 Å². The predicted molar refractivity (Wildman–Crippen MR) is 104 cm³/mol. The van der Waals surface area contributed by atoms with Gasteiger partial charge in [-0.3, -0.25) is 24.9 Å². The Hall–Kier alpha value is -2.55. The first-order valence-corrected chi connectivity index (χ1v) is 9.48. The number of urea groups is 1. The molecule has 1 heterocycles. The zero-order chi connectivity index (χ0) is 21.3. The highest BCUT2D eigenvalue weighted by atomic mass is 16.5. The van der Waals surface area contributed by atoms with E-state index in [1.54, 1.807) is 20.8 Å². The molecule has 0 saturated heterocycles. The minimum Gasteiger partial charge on any atom is -0.328 e. The molecule has 9 nitrogen and oxygen atoms in total. The maximum absolute atomic E-state index is 13.0. The minimum atomic E-state index is -0.835. The van der Waals surface area contributed by atoms with Gasteiger partial charge in [0.25, 0.3) is 0 Å². The number of hydroxylamine groups is 2. The Kier molecular flexibility index (Phi) is 9.50. The number of carbonyl (C=O) groups excluding carboxylic acids is 4. The Morgan fingerprint density at radius 2 is 2.07 bits per heavy atom. The number of Topliss-reactive ketones (excluding diaryl/α,β-unsaturated/α-hetero) is 2. The Labute approximate surface area is 165 Å². The average molecular weight is 394 g/mol. The summed E-state index contributed by atoms with van der Waals surface area (Å²) in [6.45, 7) is 7.18. The number of amides is 3. The molecule has 9 heteroatoms. The van der Waals surface area contributed by atoms with Crippen molar-refractivity contribution in [2.24, 2.45) is 16.8 Å². The highest BCUT2D eigenvalue weighted by Crippen LogP contribution is 2.17. The van der Waals surface area contributed by atoms with Crippen LogP contribution in [0.1, 0.15) is 53.4 Å². The smallest absolute Gasteiger partial charge is 0.321 e. The SMILES string of the molecule is CCCC[C@H](CN(O)C=O)C(=O)[C@@H](NC(=O)NC1=NC=C(C)CC1=O)C(C)C. The van der Waals surface area contributed by atoms with Crippen LogP contribution >= 0.6 is 0 Å². The van der Waals surface area contributed by atoms with E-state index in [2.05, 4.69) is 15.6 Å². The second kappa shape index (κ2) is 11.3. The molecular formula is C19H30N4O5. The van der Waals surface area contributed by atoms with E-state index >= 15 is 0 Å². The fourth-order valence-electron chi connectivity index (χ4n) is 2.88. The maximum Gasteiger partial charge on any atom is 0.321 e. The predicted octanol–water partition coefficient (Wildman–Crippen LogP) is 1.81. The molecule has 0 aromatic heterocycles. The van der Waals surface area contributed by atoms with Crippen LogP contribution in [-0.2, 0) is 14.4 Å². The highest BCUT2D eigenvalue weighted by Gasteiger charge is 2.32. The summed E-state index contributed by atoms with van der Waals surface area (Å²) >= 11 is 0. The van der Waals surface area contributed by atoms with Crippen molar-refractivity contribution < 1.29 is 24.4 Å². The van der Waals surface area contributed by atoms with Crippen LogP contribution in [0.25, 0.3) is 0 Å². The Morgan fingerprint density at radius 3 is 2.61 bits per heavy atom. The maximum atomic E-state index is 13.0. The molecule has 0 radical (unpaired) electrons. The van der Waals surface area contributed by atoms with E-state index in [1.165, 1.54) is 6.20 Å². The number of hydrogen-bond acceptors (Lipinski definition) is 6. The number of rotatable bonds is 10. The first-order chi connectivity index (χ1) is 13.2. The molecule has 156 valence electrons. The van der Waals surface area contributed by atoms with Crippen molar-refractivity contribution in [3.63, 3.8) is 0 Å². The van der Waals surface area contributed by atoms with Crippen LogP contribution < -0.4 is 10.6 Å². The topological polar surface area (TPSA) is 128 Å². The molecule has 3 amide bonds. The summed E-state index contributed by atoms with van der Waals surface area (Å²) in [7, 11) is 0. The lowest BCUT2D eigenvalue weighted by Crippen LogP contribution is -2.53. The zero-order valence-corrected chi connectivity index (χ0v) is 16.9. The average Bonchev–Trinajstić information content (AvgIpc) is 2.64. The molecular weight excluding hydrogens is 364 g/mol. The van der Waals surface area contributed by atoms with Crippen molar-refractivity contribution in [3.05, 3.63) is 11.8 Å². The van der Waals surface area contributed by atoms with E-state index in [1.807, 2.05) is 6.92 Å². The Bertz CT molecular complexity index is 657. The van der Waals surface area contributed by atoms with Crippen molar-refractivity contribution in [2.75, 3.05) is 6.54 Å². The second-order valence-corrected chi connectivity index (χ2v) is 7.34. The standard InChI is InChI=1S/C19H30N4O5/c1-5-6-7-14(10-23(28)11-24)17(26)16(12(2)3)21-19(27)22-18-15(25)8-13(4)9-20-18/h9,11-12,14,16,28H,5-8,10H2,1-4H3,(H2,20,21,22,27)/t14-,16+/m1/s1. The third-order valence-electron chi connectivity index (χ3n) is 4.45. The summed E-state index contributed by atoms with van der Waals surface area (Å²) in [6.07, 6.45) is 4.03. The molecule has 0 spiro atoms. The molecule has 0 unspecified atom stereocenters. The summed E-state index contributed by atoms with van der Waals surface area (Å²) < 4.78 is 0. The van der Waals surface area contributed by atoms with Gasteiger partial charge in [0.2, 0.25) is 12.2 Å². The van der Waals surface area contributed by atoms with E-state index in [0.717, 1.165) is 18.4 Å². The second-order valence-electron chi connectivity index (χ2n) is 7.34. The van der Waals surface area contributed by atoms with Crippen molar-refractivity contribution in [2.45, 2.75) is 59.4 Å². The van der Waals surface area contributed by atoms with Gasteiger partial charge in [0, 0.05) is 18.5 Å². The van der Waals surface area contributed by atoms with Gasteiger partial charge in [-0.05, 0) is 24.8 Å². The summed E-state index contributed by atoms with van der Waals surface area (Å²) in [6, 6.07) is -1.53. The Balaban J connectivity index is 2.86. The molecule has 28 heavy (non-hydrogen) atoms. The van der Waals surface area contributed by atoms with Gasteiger partial charge >= 0.3 is 6.03 Å². The van der Waals surface area contributed by atoms with Gasteiger partial charge in [0.1, 0.15) is 0 Å². The van der Waals surface area contributed by atoms with Gasteiger partial charge in [-0.25, -0.2) is 14.9 Å². The molecule has 0 fully saturated rings. The fraction of sp³-hybridized carbons (Fsp3) is 0.632. The van der Waals surface area contributed by atoms with Crippen molar-refractivity contribution in [1.29, 1.82) is 0 Å². The monoisotopic (exact) mass is 394 g/mol.